The molecule has 1 aliphatic rings. The molecule has 0 radical (unpaired) electrons. The molecular weight excluding hydrogens is 442 g/mol. The maximum absolute atomic E-state index is 15.1. The second-order valence-corrected chi connectivity index (χ2v) is 8.66. The molecule has 1 fully saturated rings. The van der Waals surface area contributed by atoms with E-state index in [-0.39, 0.29) is 23.5 Å². The summed E-state index contributed by atoms with van der Waals surface area (Å²) in [6.45, 7) is 4.67. The molecule has 0 unspecified atom stereocenters. The van der Waals surface area contributed by atoms with Crippen molar-refractivity contribution < 1.29 is 18.0 Å². The van der Waals surface area contributed by atoms with Crippen molar-refractivity contribution in [1.82, 2.24) is 24.9 Å². The number of fused-ring (bicyclic) bond motifs is 1. The molecule has 0 bridgehead atoms. The number of rotatable bonds is 5. The van der Waals surface area contributed by atoms with E-state index < -0.39 is 17.5 Å². The average molecular weight is 466 g/mol. The van der Waals surface area contributed by atoms with Crippen LogP contribution in [0.15, 0.2) is 47.1 Å². The molecular formula is C24H24F2N6O2. The number of anilines is 1. The summed E-state index contributed by atoms with van der Waals surface area (Å²) in [7, 11) is 0. The monoisotopic (exact) mass is 466 g/mol. The van der Waals surface area contributed by atoms with Crippen molar-refractivity contribution in [1.29, 1.82) is 0 Å². The molecule has 0 saturated carbocycles. The number of aromatic nitrogens is 4. The lowest BCUT2D eigenvalue weighted by molar-refractivity contribution is 0.0534. The minimum absolute atomic E-state index is 0.0572. The minimum atomic E-state index is -0.608. The van der Waals surface area contributed by atoms with Gasteiger partial charge in [0, 0.05) is 19.2 Å². The standard InChI is InChI=1S/C24H24F2N6O2/c1-14-10-17(26)22(19(11-14)32-28-7-8-29-32)23(33)31-9-3-4-15(2)20(31)13-27-24-30-18-12-16(25)5-6-21(18)34-24/h5-8,10-12,15,20H,3-4,9,13H2,1-2H3,(H,27,30)/t15-,20-/m1/s1. The van der Waals surface area contributed by atoms with Gasteiger partial charge in [-0.3, -0.25) is 4.79 Å². The summed E-state index contributed by atoms with van der Waals surface area (Å²) in [6, 6.07) is 7.19. The lowest BCUT2D eigenvalue weighted by atomic mass is 9.90. The lowest BCUT2D eigenvalue weighted by Crippen LogP contribution is -2.51. The van der Waals surface area contributed by atoms with Gasteiger partial charge in [-0.2, -0.15) is 20.0 Å². The number of amides is 1. The molecule has 0 aliphatic carbocycles. The van der Waals surface area contributed by atoms with Crippen molar-refractivity contribution in [3.8, 4) is 5.69 Å². The van der Waals surface area contributed by atoms with Gasteiger partial charge >= 0.3 is 0 Å². The number of aryl methyl sites for hydroxylation is 1. The van der Waals surface area contributed by atoms with Gasteiger partial charge in [0.25, 0.3) is 11.9 Å². The summed E-state index contributed by atoms with van der Waals surface area (Å²) < 4.78 is 34.3. The highest BCUT2D eigenvalue weighted by Gasteiger charge is 2.35. The van der Waals surface area contributed by atoms with Crippen molar-refractivity contribution in [2.24, 2.45) is 5.92 Å². The second kappa shape index (κ2) is 8.85. The zero-order valence-corrected chi connectivity index (χ0v) is 18.8. The van der Waals surface area contributed by atoms with Crippen molar-refractivity contribution in [3.05, 3.63) is 65.5 Å². The van der Waals surface area contributed by atoms with Crippen LogP contribution in [0.25, 0.3) is 16.8 Å². The molecule has 2 aromatic heterocycles. The average Bonchev–Trinajstić information content (AvgIpc) is 3.47. The van der Waals surface area contributed by atoms with Gasteiger partial charge in [-0.1, -0.05) is 6.92 Å². The topological polar surface area (TPSA) is 89.1 Å². The molecule has 1 aliphatic heterocycles. The first-order valence-electron chi connectivity index (χ1n) is 11.2. The quantitative estimate of drug-likeness (QED) is 0.471. The number of likely N-dealkylation sites (tertiary alicyclic amines) is 1. The van der Waals surface area contributed by atoms with Gasteiger partial charge in [0.05, 0.1) is 18.4 Å². The lowest BCUT2D eigenvalue weighted by Gasteiger charge is -2.40. The van der Waals surface area contributed by atoms with E-state index >= 15 is 4.39 Å². The third-order valence-corrected chi connectivity index (χ3v) is 6.25. The Hall–Kier alpha value is -3.82. The summed E-state index contributed by atoms with van der Waals surface area (Å²) in [6.07, 6.45) is 4.71. The Morgan fingerprint density at radius 2 is 2.00 bits per heavy atom. The van der Waals surface area contributed by atoms with Crippen LogP contribution < -0.4 is 5.32 Å². The number of halogens is 2. The number of nitrogens with zero attached hydrogens (tertiary/aromatic N) is 5. The van der Waals surface area contributed by atoms with Crippen LogP contribution in [0.1, 0.15) is 35.7 Å². The van der Waals surface area contributed by atoms with Gasteiger partial charge in [-0.05, 0) is 55.5 Å². The number of piperidine rings is 1. The molecule has 2 aromatic carbocycles. The molecule has 1 amide bonds. The van der Waals surface area contributed by atoms with Crippen molar-refractivity contribution in [2.45, 2.75) is 32.7 Å². The van der Waals surface area contributed by atoms with Gasteiger partial charge in [-0.25, -0.2) is 8.78 Å². The number of nitrogens with one attached hydrogen (secondary N) is 1. The molecule has 0 spiro atoms. The van der Waals surface area contributed by atoms with Gasteiger partial charge in [0.15, 0.2) is 5.58 Å². The summed E-state index contributed by atoms with van der Waals surface area (Å²) in [5, 5.41) is 11.3. The van der Waals surface area contributed by atoms with E-state index in [4.69, 9.17) is 4.42 Å². The molecule has 3 heterocycles. The van der Waals surface area contributed by atoms with Gasteiger partial charge in [-0.15, -0.1) is 0 Å². The Labute approximate surface area is 194 Å². The van der Waals surface area contributed by atoms with Crippen molar-refractivity contribution in [3.63, 3.8) is 0 Å². The number of hydrogen-bond acceptors (Lipinski definition) is 6. The Kier molecular flexibility index (Phi) is 5.72. The first-order chi connectivity index (χ1) is 16.4. The fraction of sp³-hybridized carbons (Fsp3) is 0.333. The Bertz CT molecular complexity index is 1340. The molecule has 2 atom stereocenters. The number of hydrogen-bond donors (Lipinski definition) is 1. The van der Waals surface area contributed by atoms with Crippen molar-refractivity contribution >= 4 is 23.0 Å². The van der Waals surface area contributed by atoms with Gasteiger partial charge in [0.2, 0.25) is 0 Å². The molecule has 10 heteroatoms. The number of carbonyl (C=O) groups is 1. The Morgan fingerprint density at radius 3 is 2.79 bits per heavy atom. The minimum Gasteiger partial charge on any atom is -0.424 e. The highest BCUT2D eigenvalue weighted by atomic mass is 19.1. The third kappa shape index (κ3) is 4.11. The predicted molar refractivity (Wildman–Crippen MR) is 122 cm³/mol. The maximum atomic E-state index is 15.1. The van der Waals surface area contributed by atoms with Gasteiger partial charge in [0.1, 0.15) is 28.4 Å². The highest BCUT2D eigenvalue weighted by molar-refractivity contribution is 5.98. The predicted octanol–water partition coefficient (Wildman–Crippen LogP) is 4.35. The van der Waals surface area contributed by atoms with E-state index in [0.29, 0.717) is 35.4 Å². The highest BCUT2D eigenvalue weighted by Crippen LogP contribution is 2.29. The van der Waals surface area contributed by atoms with E-state index in [1.165, 1.54) is 41.5 Å². The Morgan fingerprint density at radius 1 is 1.21 bits per heavy atom. The van der Waals surface area contributed by atoms with Crippen LogP contribution in [0.4, 0.5) is 14.8 Å². The number of carbonyl (C=O) groups excluding carboxylic acids is 1. The van der Waals surface area contributed by atoms with Crippen LogP contribution in [0, 0.1) is 24.5 Å². The van der Waals surface area contributed by atoms with E-state index in [1.807, 2.05) is 0 Å². The number of benzene rings is 2. The SMILES string of the molecule is Cc1cc(F)c(C(=O)N2CCC[C@@H](C)[C@H]2CNc2nc3cc(F)ccc3o2)c(-n2nccn2)c1. The fourth-order valence-electron chi connectivity index (χ4n) is 4.56. The van der Waals surface area contributed by atoms with Crippen LogP contribution in [0.3, 0.4) is 0 Å². The normalized spacial score (nSPS) is 18.4. The molecule has 1 N–H and O–H groups in total. The van der Waals surface area contributed by atoms with Crippen LogP contribution in [0.5, 0.6) is 0 Å². The van der Waals surface area contributed by atoms with E-state index in [1.54, 1.807) is 17.9 Å². The maximum Gasteiger partial charge on any atom is 0.295 e. The van der Waals surface area contributed by atoms with Crippen molar-refractivity contribution in [2.75, 3.05) is 18.4 Å². The Balaban J connectivity index is 1.43. The zero-order valence-electron chi connectivity index (χ0n) is 18.8. The molecule has 176 valence electrons. The molecule has 4 aromatic rings. The van der Waals surface area contributed by atoms with Crippen LogP contribution >= 0.6 is 0 Å². The third-order valence-electron chi connectivity index (χ3n) is 6.25. The van der Waals surface area contributed by atoms with E-state index in [2.05, 4.69) is 27.4 Å². The van der Waals surface area contributed by atoms with Gasteiger partial charge < -0.3 is 14.6 Å². The summed E-state index contributed by atoms with van der Waals surface area (Å²) in [5.41, 5.74) is 1.78. The largest absolute Gasteiger partial charge is 0.424 e. The first-order valence-corrected chi connectivity index (χ1v) is 11.2. The molecule has 1 saturated heterocycles. The molecule has 34 heavy (non-hydrogen) atoms. The molecule has 8 nitrogen and oxygen atoms in total. The molecule has 5 rings (SSSR count). The van der Waals surface area contributed by atoms with Crippen LogP contribution in [0.2, 0.25) is 0 Å². The second-order valence-electron chi connectivity index (χ2n) is 8.66. The smallest absolute Gasteiger partial charge is 0.295 e. The summed E-state index contributed by atoms with van der Waals surface area (Å²) >= 11 is 0. The summed E-state index contributed by atoms with van der Waals surface area (Å²) in [4.78, 5) is 20.9. The van der Waals surface area contributed by atoms with E-state index in [9.17, 15) is 9.18 Å². The zero-order chi connectivity index (χ0) is 23.8. The van der Waals surface area contributed by atoms with E-state index in [0.717, 1.165) is 12.8 Å². The number of oxazole rings is 1. The van der Waals surface area contributed by atoms with Crippen LogP contribution in [-0.4, -0.2) is 49.9 Å². The first kappa shape index (κ1) is 22.0. The van der Waals surface area contributed by atoms with Crippen LogP contribution in [-0.2, 0) is 0 Å². The fourth-order valence-corrected chi connectivity index (χ4v) is 4.56. The summed E-state index contributed by atoms with van der Waals surface area (Å²) in [5.74, 6) is -1.26.